The van der Waals surface area contributed by atoms with E-state index in [1.807, 2.05) is 31.2 Å². The number of fused-ring (bicyclic) bond motifs is 1. The van der Waals surface area contributed by atoms with Gasteiger partial charge in [-0.15, -0.1) is 0 Å². The molecule has 0 atom stereocenters. The lowest BCUT2D eigenvalue weighted by molar-refractivity contribution is 0.409. The molecule has 6 nitrogen and oxygen atoms in total. The first-order chi connectivity index (χ1) is 13.0. The summed E-state index contributed by atoms with van der Waals surface area (Å²) in [6, 6.07) is 12.5. The van der Waals surface area contributed by atoms with Gasteiger partial charge in [-0.1, -0.05) is 29.5 Å². The van der Waals surface area contributed by atoms with Crippen LogP contribution in [-0.4, -0.2) is 26.6 Å². The van der Waals surface area contributed by atoms with Gasteiger partial charge < -0.3 is 4.74 Å². The Hall–Kier alpha value is -2.16. The van der Waals surface area contributed by atoms with E-state index in [0.29, 0.717) is 30.6 Å². The zero-order valence-electron chi connectivity index (χ0n) is 15.3. The third-order valence-electron chi connectivity index (χ3n) is 4.37. The van der Waals surface area contributed by atoms with E-state index in [0.717, 1.165) is 28.2 Å². The number of rotatable bonds is 8. The van der Waals surface area contributed by atoms with Gasteiger partial charge in [0.25, 0.3) is 0 Å². The SMILES string of the molecule is CCn1c(=O)sc2cc(S(=O)(=O)NCCCc3ccccc3OC)ccc21. The minimum atomic E-state index is -3.62. The second kappa shape index (κ2) is 8.24. The van der Waals surface area contributed by atoms with E-state index in [1.54, 1.807) is 29.9 Å². The predicted octanol–water partition coefficient (Wildman–Crippen LogP) is 3.00. The monoisotopic (exact) mass is 406 g/mol. The van der Waals surface area contributed by atoms with Crippen molar-refractivity contribution in [3.8, 4) is 5.75 Å². The molecule has 0 radical (unpaired) electrons. The third-order valence-corrected chi connectivity index (χ3v) is 6.77. The van der Waals surface area contributed by atoms with E-state index in [-0.39, 0.29) is 9.77 Å². The van der Waals surface area contributed by atoms with Gasteiger partial charge in [0.1, 0.15) is 5.75 Å². The maximum absolute atomic E-state index is 12.6. The maximum Gasteiger partial charge on any atom is 0.308 e. The van der Waals surface area contributed by atoms with Gasteiger partial charge >= 0.3 is 4.87 Å². The summed E-state index contributed by atoms with van der Waals surface area (Å²) in [6.45, 7) is 2.78. The molecule has 0 amide bonds. The largest absolute Gasteiger partial charge is 0.496 e. The van der Waals surface area contributed by atoms with Gasteiger partial charge in [0.15, 0.2) is 0 Å². The molecule has 27 heavy (non-hydrogen) atoms. The molecule has 2 aromatic carbocycles. The Bertz CT molecular complexity index is 1100. The molecule has 144 valence electrons. The van der Waals surface area contributed by atoms with Gasteiger partial charge in [-0.3, -0.25) is 9.36 Å². The van der Waals surface area contributed by atoms with Crippen molar-refractivity contribution < 1.29 is 13.2 Å². The van der Waals surface area contributed by atoms with Gasteiger partial charge in [0.2, 0.25) is 10.0 Å². The van der Waals surface area contributed by atoms with Gasteiger partial charge in [-0.2, -0.15) is 0 Å². The van der Waals surface area contributed by atoms with Crippen LogP contribution < -0.4 is 14.3 Å². The lowest BCUT2D eigenvalue weighted by Gasteiger charge is -2.09. The number of aryl methyl sites for hydroxylation is 2. The van der Waals surface area contributed by atoms with Crippen molar-refractivity contribution in [3.63, 3.8) is 0 Å². The van der Waals surface area contributed by atoms with Gasteiger partial charge in [-0.25, -0.2) is 13.1 Å². The molecule has 0 aliphatic rings. The molecule has 3 aromatic rings. The highest BCUT2D eigenvalue weighted by atomic mass is 32.2. The number of nitrogens with one attached hydrogen (secondary N) is 1. The fraction of sp³-hybridized carbons (Fsp3) is 0.316. The highest BCUT2D eigenvalue weighted by molar-refractivity contribution is 7.89. The molecule has 1 N–H and O–H groups in total. The zero-order chi connectivity index (χ0) is 19.4. The average molecular weight is 407 g/mol. The van der Waals surface area contributed by atoms with Gasteiger partial charge in [0, 0.05) is 13.1 Å². The van der Waals surface area contributed by atoms with Crippen LogP contribution in [0.4, 0.5) is 0 Å². The number of nitrogens with zero attached hydrogens (tertiary/aromatic N) is 1. The molecule has 1 heterocycles. The summed E-state index contributed by atoms with van der Waals surface area (Å²) < 4.78 is 35.4. The smallest absolute Gasteiger partial charge is 0.308 e. The van der Waals surface area contributed by atoms with E-state index in [4.69, 9.17) is 4.74 Å². The summed E-state index contributed by atoms with van der Waals surface area (Å²) >= 11 is 1.06. The predicted molar refractivity (Wildman–Crippen MR) is 108 cm³/mol. The quantitative estimate of drug-likeness (QED) is 0.584. The van der Waals surface area contributed by atoms with E-state index in [1.165, 1.54) is 0 Å². The van der Waals surface area contributed by atoms with Crippen LogP contribution in [0.2, 0.25) is 0 Å². The van der Waals surface area contributed by atoms with Gasteiger partial charge in [0.05, 0.1) is 22.2 Å². The molecular formula is C19H22N2O4S2. The molecular weight excluding hydrogens is 384 g/mol. The topological polar surface area (TPSA) is 77.4 Å². The molecule has 0 fully saturated rings. The molecule has 0 aliphatic carbocycles. The Labute approximate surface area is 162 Å². The molecule has 0 unspecified atom stereocenters. The second-order valence-electron chi connectivity index (χ2n) is 6.05. The summed E-state index contributed by atoms with van der Waals surface area (Å²) in [6.07, 6.45) is 1.37. The maximum atomic E-state index is 12.6. The molecule has 0 bridgehead atoms. The Morgan fingerprint density at radius 3 is 2.70 bits per heavy atom. The van der Waals surface area contributed by atoms with E-state index in [2.05, 4.69) is 4.72 Å². The first kappa shape index (κ1) is 19.6. The van der Waals surface area contributed by atoms with Crippen LogP contribution in [-0.2, 0) is 23.0 Å². The zero-order valence-corrected chi connectivity index (χ0v) is 16.9. The molecule has 0 aliphatic heterocycles. The van der Waals surface area contributed by atoms with Crippen LogP contribution in [0.5, 0.6) is 5.75 Å². The molecule has 0 spiro atoms. The van der Waals surface area contributed by atoms with Crippen molar-refractivity contribution >= 4 is 31.6 Å². The van der Waals surface area contributed by atoms with Gasteiger partial charge in [-0.05, 0) is 49.6 Å². The number of aromatic nitrogens is 1. The number of benzene rings is 2. The second-order valence-corrected chi connectivity index (χ2v) is 8.82. The Morgan fingerprint density at radius 2 is 1.96 bits per heavy atom. The first-order valence-electron chi connectivity index (χ1n) is 8.71. The van der Waals surface area contributed by atoms with Crippen LogP contribution in [0.15, 0.2) is 52.2 Å². The normalized spacial score (nSPS) is 11.8. The minimum absolute atomic E-state index is 0.0770. The summed E-state index contributed by atoms with van der Waals surface area (Å²) in [5.41, 5.74) is 1.81. The molecule has 8 heteroatoms. The van der Waals surface area contributed by atoms with E-state index >= 15 is 0 Å². The van der Waals surface area contributed by atoms with Crippen LogP contribution in [0.3, 0.4) is 0 Å². The Kier molecular flexibility index (Phi) is 5.98. The minimum Gasteiger partial charge on any atom is -0.496 e. The van der Waals surface area contributed by atoms with Crippen molar-refractivity contribution in [2.75, 3.05) is 13.7 Å². The number of methoxy groups -OCH3 is 1. The summed E-state index contributed by atoms with van der Waals surface area (Å²) in [7, 11) is -2.00. The highest BCUT2D eigenvalue weighted by Gasteiger charge is 2.16. The average Bonchev–Trinajstić information content (AvgIpc) is 2.99. The van der Waals surface area contributed by atoms with Crippen molar-refractivity contribution in [3.05, 3.63) is 57.7 Å². The number of hydrogen-bond acceptors (Lipinski definition) is 5. The van der Waals surface area contributed by atoms with E-state index < -0.39 is 10.0 Å². The van der Waals surface area contributed by atoms with Crippen LogP contribution >= 0.6 is 11.3 Å². The molecule has 0 saturated carbocycles. The highest BCUT2D eigenvalue weighted by Crippen LogP contribution is 2.22. The Balaban J connectivity index is 1.68. The fourth-order valence-corrected chi connectivity index (χ4v) is 5.16. The first-order valence-corrected chi connectivity index (χ1v) is 11.0. The standard InChI is InChI=1S/C19H22N2O4S2/c1-3-21-16-11-10-15(13-18(16)26-19(21)22)27(23,24)20-12-6-8-14-7-4-5-9-17(14)25-2/h4-5,7,9-11,13,20H,3,6,8,12H2,1-2H3. The lowest BCUT2D eigenvalue weighted by atomic mass is 10.1. The summed E-state index contributed by atoms with van der Waals surface area (Å²) in [5.74, 6) is 0.807. The molecule has 3 rings (SSSR count). The number of ether oxygens (including phenoxy) is 1. The molecule has 1 aromatic heterocycles. The number of thiazole rings is 1. The van der Waals surface area contributed by atoms with Crippen LogP contribution in [0.1, 0.15) is 18.9 Å². The van der Waals surface area contributed by atoms with Crippen molar-refractivity contribution in [1.82, 2.24) is 9.29 Å². The van der Waals surface area contributed by atoms with Crippen LogP contribution in [0, 0.1) is 0 Å². The number of hydrogen-bond donors (Lipinski definition) is 1. The van der Waals surface area contributed by atoms with Crippen molar-refractivity contribution in [1.29, 1.82) is 0 Å². The third kappa shape index (κ3) is 4.23. The lowest BCUT2D eigenvalue weighted by Crippen LogP contribution is -2.25. The fourth-order valence-electron chi connectivity index (χ4n) is 2.99. The van der Waals surface area contributed by atoms with Crippen molar-refractivity contribution in [2.24, 2.45) is 0 Å². The summed E-state index contributed by atoms with van der Waals surface area (Å²) in [5, 5.41) is 0. The summed E-state index contributed by atoms with van der Waals surface area (Å²) in [4.78, 5) is 12.0. The van der Waals surface area contributed by atoms with E-state index in [9.17, 15) is 13.2 Å². The number of sulfonamides is 1. The van der Waals surface area contributed by atoms with Crippen molar-refractivity contribution in [2.45, 2.75) is 31.2 Å². The molecule has 0 saturated heterocycles. The number of para-hydroxylation sites is 1. The van der Waals surface area contributed by atoms with Crippen LogP contribution in [0.25, 0.3) is 10.2 Å². The Morgan fingerprint density at radius 1 is 1.19 bits per heavy atom.